The van der Waals surface area contributed by atoms with E-state index in [0.717, 1.165) is 13.0 Å². The largest absolute Gasteiger partial charge is 0.387 e. The first-order chi connectivity index (χ1) is 11.9. The second-order valence-corrected chi connectivity index (χ2v) is 7.33. The molecule has 1 unspecified atom stereocenters. The van der Waals surface area contributed by atoms with Crippen LogP contribution in [0, 0.1) is 0 Å². The molecule has 140 valence electrons. The molecule has 2 saturated heterocycles. The first-order valence-electron chi connectivity index (χ1n) is 8.91. The minimum Gasteiger partial charge on any atom is -0.387 e. The van der Waals surface area contributed by atoms with Crippen LogP contribution in [0.1, 0.15) is 32.1 Å². The number of nitrogens with zero attached hydrogens (tertiary/aromatic N) is 4. The molecular formula is C17H26F2N4O2. The molecule has 2 fully saturated rings. The zero-order chi connectivity index (χ0) is 17.9. The number of rotatable bonds is 6. The van der Waals surface area contributed by atoms with E-state index in [0.29, 0.717) is 45.6 Å². The molecule has 0 spiro atoms. The Balaban J connectivity index is 1.41. The smallest absolute Gasteiger partial charge is 0.250 e. The molecule has 1 aromatic rings. The number of amides is 1. The van der Waals surface area contributed by atoms with Crippen molar-refractivity contribution in [2.24, 2.45) is 0 Å². The van der Waals surface area contributed by atoms with Crippen LogP contribution in [0.25, 0.3) is 0 Å². The van der Waals surface area contributed by atoms with Gasteiger partial charge in [0.2, 0.25) is 5.91 Å². The van der Waals surface area contributed by atoms with Crippen molar-refractivity contribution in [3.63, 3.8) is 0 Å². The van der Waals surface area contributed by atoms with E-state index in [4.69, 9.17) is 0 Å². The average molecular weight is 356 g/mol. The van der Waals surface area contributed by atoms with E-state index in [1.165, 1.54) is 0 Å². The van der Waals surface area contributed by atoms with Gasteiger partial charge in [-0.2, -0.15) is 0 Å². The van der Waals surface area contributed by atoms with Crippen LogP contribution < -0.4 is 0 Å². The van der Waals surface area contributed by atoms with Crippen LogP contribution in [0.15, 0.2) is 18.7 Å². The van der Waals surface area contributed by atoms with Crippen molar-refractivity contribution < 1.29 is 18.7 Å². The number of hydrogen-bond acceptors (Lipinski definition) is 4. The van der Waals surface area contributed by atoms with Crippen LogP contribution in [0.2, 0.25) is 0 Å². The summed E-state index contributed by atoms with van der Waals surface area (Å²) in [4.78, 5) is 19.9. The van der Waals surface area contributed by atoms with Crippen LogP contribution >= 0.6 is 0 Å². The number of aliphatic hydroxyl groups is 1. The zero-order valence-electron chi connectivity index (χ0n) is 14.4. The molecule has 1 amide bonds. The highest BCUT2D eigenvalue weighted by atomic mass is 19.3. The summed E-state index contributed by atoms with van der Waals surface area (Å²) in [5.74, 6) is -2.53. The lowest BCUT2D eigenvalue weighted by Gasteiger charge is -2.36. The van der Waals surface area contributed by atoms with Gasteiger partial charge in [-0.1, -0.05) is 0 Å². The second-order valence-electron chi connectivity index (χ2n) is 7.33. The van der Waals surface area contributed by atoms with Gasteiger partial charge in [-0.15, -0.1) is 0 Å². The summed E-state index contributed by atoms with van der Waals surface area (Å²) in [5, 5.41) is 10.7. The number of imidazole rings is 1. The number of alkyl halides is 2. The molecule has 0 radical (unpaired) electrons. The summed E-state index contributed by atoms with van der Waals surface area (Å²) in [5.41, 5.74) is -0.980. The van der Waals surface area contributed by atoms with Crippen LogP contribution in [0.4, 0.5) is 8.78 Å². The molecule has 2 aliphatic heterocycles. The molecule has 8 heteroatoms. The van der Waals surface area contributed by atoms with Gasteiger partial charge in [0.15, 0.2) is 0 Å². The maximum atomic E-state index is 13.2. The minimum atomic E-state index is -2.58. The zero-order valence-corrected chi connectivity index (χ0v) is 14.4. The van der Waals surface area contributed by atoms with E-state index in [-0.39, 0.29) is 18.7 Å². The Hall–Kier alpha value is -1.54. The molecule has 3 heterocycles. The fraction of sp³-hybridized carbons (Fsp3) is 0.765. The third-order valence-electron chi connectivity index (χ3n) is 5.16. The van der Waals surface area contributed by atoms with Gasteiger partial charge in [-0.05, 0) is 12.8 Å². The van der Waals surface area contributed by atoms with Crippen molar-refractivity contribution in [2.45, 2.75) is 50.2 Å². The normalized spacial score (nSPS) is 26.9. The third kappa shape index (κ3) is 4.98. The van der Waals surface area contributed by atoms with Crippen molar-refractivity contribution in [3.05, 3.63) is 18.7 Å². The van der Waals surface area contributed by atoms with Crippen molar-refractivity contribution >= 4 is 5.91 Å². The lowest BCUT2D eigenvalue weighted by molar-refractivity contribution is -0.131. The molecule has 6 nitrogen and oxygen atoms in total. The molecule has 0 saturated carbocycles. The van der Waals surface area contributed by atoms with Crippen LogP contribution in [0.3, 0.4) is 0 Å². The molecule has 0 bridgehead atoms. The summed E-state index contributed by atoms with van der Waals surface area (Å²) < 4.78 is 28.4. The number of halogens is 2. The number of piperidine rings is 1. The maximum Gasteiger partial charge on any atom is 0.250 e. The van der Waals surface area contributed by atoms with E-state index in [1.54, 1.807) is 17.4 Å². The van der Waals surface area contributed by atoms with Gasteiger partial charge in [0, 0.05) is 64.4 Å². The number of hydrogen-bond donors (Lipinski definition) is 1. The van der Waals surface area contributed by atoms with Gasteiger partial charge in [0.1, 0.15) is 0 Å². The molecule has 1 aromatic heterocycles. The third-order valence-corrected chi connectivity index (χ3v) is 5.16. The predicted octanol–water partition coefficient (Wildman–Crippen LogP) is 1.36. The van der Waals surface area contributed by atoms with Gasteiger partial charge in [0.05, 0.1) is 18.5 Å². The molecule has 2 aliphatic rings. The molecule has 25 heavy (non-hydrogen) atoms. The Labute approximate surface area is 146 Å². The summed E-state index contributed by atoms with van der Waals surface area (Å²) in [6.07, 6.45) is 6.66. The van der Waals surface area contributed by atoms with Crippen LogP contribution in [0.5, 0.6) is 0 Å². The predicted molar refractivity (Wildman–Crippen MR) is 88.2 cm³/mol. The Morgan fingerprint density at radius 1 is 1.20 bits per heavy atom. The second kappa shape index (κ2) is 7.37. The molecular weight excluding hydrogens is 330 g/mol. The van der Waals surface area contributed by atoms with Crippen molar-refractivity contribution in [1.29, 1.82) is 0 Å². The fourth-order valence-corrected chi connectivity index (χ4v) is 3.64. The molecule has 0 aromatic carbocycles. The van der Waals surface area contributed by atoms with E-state index >= 15 is 0 Å². The number of aromatic nitrogens is 2. The fourth-order valence-electron chi connectivity index (χ4n) is 3.64. The summed E-state index contributed by atoms with van der Waals surface area (Å²) in [6.45, 7) is 2.53. The highest BCUT2D eigenvalue weighted by molar-refractivity contribution is 5.76. The van der Waals surface area contributed by atoms with Crippen molar-refractivity contribution in [2.75, 3.05) is 32.7 Å². The van der Waals surface area contributed by atoms with Gasteiger partial charge in [-0.3, -0.25) is 9.69 Å². The van der Waals surface area contributed by atoms with Gasteiger partial charge in [-0.25, -0.2) is 13.8 Å². The monoisotopic (exact) mass is 356 g/mol. The standard InChI is InChI=1S/C17H26F2N4O2/c18-17(19)4-8-21(9-5-17)12-16(25)3-10-23(13-16)15(24)2-1-7-22-11-6-20-14-22/h6,11,14,25H,1-5,7-10,12-13H2. The molecule has 0 aliphatic carbocycles. The summed E-state index contributed by atoms with van der Waals surface area (Å²) in [7, 11) is 0. The van der Waals surface area contributed by atoms with Crippen LogP contribution in [-0.2, 0) is 11.3 Å². The highest BCUT2D eigenvalue weighted by Crippen LogP contribution is 2.30. The van der Waals surface area contributed by atoms with Crippen molar-refractivity contribution in [3.8, 4) is 0 Å². The first-order valence-corrected chi connectivity index (χ1v) is 8.91. The number of carbonyl (C=O) groups excluding carboxylic acids is 1. The Morgan fingerprint density at radius 2 is 1.96 bits per heavy atom. The van der Waals surface area contributed by atoms with E-state index in [2.05, 4.69) is 4.98 Å². The summed E-state index contributed by atoms with van der Waals surface area (Å²) >= 11 is 0. The number of β-amino-alcohol motifs (C(OH)–C–C–N with tert-alkyl or cyclic N) is 1. The molecule has 1 atom stereocenters. The first kappa shape index (κ1) is 18.3. The topological polar surface area (TPSA) is 61.6 Å². The molecule has 1 N–H and O–H groups in total. The number of likely N-dealkylation sites (tertiary alicyclic amines) is 2. The van der Waals surface area contributed by atoms with Crippen molar-refractivity contribution in [1.82, 2.24) is 19.4 Å². The van der Waals surface area contributed by atoms with E-state index < -0.39 is 11.5 Å². The van der Waals surface area contributed by atoms with Gasteiger partial charge < -0.3 is 14.6 Å². The Morgan fingerprint density at radius 3 is 2.64 bits per heavy atom. The van der Waals surface area contributed by atoms with E-state index in [9.17, 15) is 18.7 Å². The average Bonchev–Trinajstić information content (AvgIpc) is 3.20. The molecule has 3 rings (SSSR count). The summed E-state index contributed by atoms with van der Waals surface area (Å²) in [6, 6.07) is 0. The highest BCUT2D eigenvalue weighted by Gasteiger charge is 2.41. The lowest BCUT2D eigenvalue weighted by atomic mass is 10.00. The maximum absolute atomic E-state index is 13.2. The minimum absolute atomic E-state index is 0.0428. The Kier molecular flexibility index (Phi) is 5.38. The number of carbonyl (C=O) groups is 1. The van der Waals surface area contributed by atoms with Crippen LogP contribution in [-0.4, -0.2) is 74.6 Å². The number of aryl methyl sites for hydroxylation is 1. The lowest BCUT2D eigenvalue weighted by Crippen LogP contribution is -2.49. The SMILES string of the molecule is O=C(CCCn1ccnc1)N1CCC(O)(CN2CCC(F)(F)CC2)C1. The quantitative estimate of drug-likeness (QED) is 0.836. The Bertz CT molecular complexity index is 571. The van der Waals surface area contributed by atoms with E-state index in [1.807, 2.05) is 15.7 Å². The van der Waals surface area contributed by atoms with Gasteiger partial charge in [0.25, 0.3) is 5.92 Å². The van der Waals surface area contributed by atoms with Gasteiger partial charge >= 0.3 is 0 Å².